The molecule has 0 bridgehead atoms. The Balaban J connectivity index is 2.40. The Labute approximate surface area is 144 Å². The van der Waals surface area contributed by atoms with Gasteiger partial charge < -0.3 is 0 Å². The average molecular weight is 419 g/mol. The van der Waals surface area contributed by atoms with E-state index in [2.05, 4.69) is 25.4 Å². The zero-order valence-electron chi connectivity index (χ0n) is 12.4. The first-order chi connectivity index (χ1) is 10.6. The standard InChI is InChI=1S/C14H15BrN2O4S2/c1-10-9-11(7-8-12(10)15)23(20,21)17-14-6-4-3-5-13(14)16-22(2,18)19/h3-9,16-17H,1-2H3. The van der Waals surface area contributed by atoms with Gasteiger partial charge >= 0.3 is 0 Å². The van der Waals surface area contributed by atoms with Crippen molar-refractivity contribution in [1.29, 1.82) is 0 Å². The van der Waals surface area contributed by atoms with Crippen molar-refractivity contribution >= 4 is 47.4 Å². The van der Waals surface area contributed by atoms with E-state index in [0.717, 1.165) is 16.3 Å². The van der Waals surface area contributed by atoms with Crippen molar-refractivity contribution in [3.63, 3.8) is 0 Å². The van der Waals surface area contributed by atoms with E-state index in [1.54, 1.807) is 25.1 Å². The number of nitrogens with one attached hydrogen (secondary N) is 2. The van der Waals surface area contributed by atoms with Crippen LogP contribution in [0, 0.1) is 6.92 Å². The molecule has 0 atom stereocenters. The molecule has 0 radical (unpaired) electrons. The lowest BCUT2D eigenvalue weighted by Gasteiger charge is -2.13. The van der Waals surface area contributed by atoms with Crippen LogP contribution in [0.2, 0.25) is 0 Å². The molecule has 23 heavy (non-hydrogen) atoms. The maximum atomic E-state index is 12.5. The minimum Gasteiger partial charge on any atom is -0.282 e. The number of aryl methyl sites for hydroxylation is 1. The summed E-state index contributed by atoms with van der Waals surface area (Å²) in [6.07, 6.45) is 0.996. The molecule has 2 rings (SSSR count). The Hall–Kier alpha value is -1.58. The van der Waals surface area contributed by atoms with E-state index in [1.807, 2.05) is 0 Å². The Morgan fingerprint density at radius 1 is 0.913 bits per heavy atom. The first-order valence-electron chi connectivity index (χ1n) is 6.44. The summed E-state index contributed by atoms with van der Waals surface area (Å²) >= 11 is 3.32. The highest BCUT2D eigenvalue weighted by Gasteiger charge is 2.17. The molecule has 0 aliphatic rings. The van der Waals surface area contributed by atoms with Gasteiger partial charge in [-0.1, -0.05) is 28.1 Å². The Kier molecular flexibility index (Phi) is 5.02. The molecule has 0 aromatic heterocycles. The Bertz CT molecular complexity index is 941. The molecule has 0 amide bonds. The van der Waals surface area contributed by atoms with Gasteiger partial charge in [0.25, 0.3) is 10.0 Å². The van der Waals surface area contributed by atoms with Gasteiger partial charge in [0.2, 0.25) is 10.0 Å². The van der Waals surface area contributed by atoms with E-state index >= 15 is 0 Å². The lowest BCUT2D eigenvalue weighted by atomic mass is 10.2. The fourth-order valence-corrected chi connectivity index (χ4v) is 3.84. The lowest BCUT2D eigenvalue weighted by molar-refractivity contribution is 0.600. The molecule has 0 fully saturated rings. The number of hydrogen-bond donors (Lipinski definition) is 2. The Morgan fingerprint density at radius 2 is 1.48 bits per heavy atom. The van der Waals surface area contributed by atoms with Crippen LogP contribution < -0.4 is 9.44 Å². The van der Waals surface area contributed by atoms with Gasteiger partial charge in [0.05, 0.1) is 22.5 Å². The zero-order valence-corrected chi connectivity index (χ0v) is 15.6. The second-order valence-corrected chi connectivity index (χ2v) is 9.22. The predicted octanol–water partition coefficient (Wildman–Crippen LogP) is 2.93. The van der Waals surface area contributed by atoms with Gasteiger partial charge in [-0.25, -0.2) is 16.8 Å². The number of para-hydroxylation sites is 2. The molecule has 0 heterocycles. The van der Waals surface area contributed by atoms with Crippen LogP contribution in [0.5, 0.6) is 0 Å². The van der Waals surface area contributed by atoms with Gasteiger partial charge in [-0.15, -0.1) is 0 Å². The monoisotopic (exact) mass is 418 g/mol. The fourth-order valence-electron chi connectivity index (χ4n) is 1.85. The van der Waals surface area contributed by atoms with Crippen LogP contribution in [0.4, 0.5) is 11.4 Å². The smallest absolute Gasteiger partial charge is 0.261 e. The maximum absolute atomic E-state index is 12.5. The van der Waals surface area contributed by atoms with Gasteiger partial charge in [-0.05, 0) is 42.8 Å². The van der Waals surface area contributed by atoms with E-state index in [9.17, 15) is 16.8 Å². The fraction of sp³-hybridized carbons (Fsp3) is 0.143. The van der Waals surface area contributed by atoms with Crippen molar-refractivity contribution in [2.75, 3.05) is 15.7 Å². The number of rotatable bonds is 5. The molecule has 6 nitrogen and oxygen atoms in total. The van der Waals surface area contributed by atoms with Gasteiger partial charge in [0, 0.05) is 4.47 Å². The van der Waals surface area contributed by atoms with E-state index in [-0.39, 0.29) is 16.3 Å². The number of hydrogen-bond acceptors (Lipinski definition) is 4. The van der Waals surface area contributed by atoms with E-state index in [0.29, 0.717) is 0 Å². The summed E-state index contributed by atoms with van der Waals surface area (Å²) in [4.78, 5) is 0.0901. The second kappa shape index (κ2) is 6.50. The van der Waals surface area contributed by atoms with Gasteiger partial charge in [0.15, 0.2) is 0 Å². The molecular formula is C14H15BrN2O4S2. The van der Waals surface area contributed by atoms with E-state index < -0.39 is 20.0 Å². The second-order valence-electron chi connectivity index (χ2n) is 4.94. The van der Waals surface area contributed by atoms with Gasteiger partial charge in [-0.3, -0.25) is 9.44 Å². The number of benzene rings is 2. The third-order valence-corrected chi connectivity index (χ3v) is 5.75. The van der Waals surface area contributed by atoms with Crippen LogP contribution in [0.1, 0.15) is 5.56 Å². The first kappa shape index (κ1) is 17.8. The van der Waals surface area contributed by atoms with Crippen LogP contribution in [-0.4, -0.2) is 23.1 Å². The van der Waals surface area contributed by atoms with Crippen LogP contribution in [-0.2, 0) is 20.0 Å². The molecule has 0 saturated carbocycles. The third kappa shape index (κ3) is 4.69. The topological polar surface area (TPSA) is 92.3 Å². The molecule has 0 aliphatic heterocycles. The van der Waals surface area contributed by atoms with Crippen LogP contribution in [0.25, 0.3) is 0 Å². The number of halogens is 1. The molecule has 9 heteroatoms. The molecule has 2 aromatic rings. The summed E-state index contributed by atoms with van der Waals surface area (Å²) in [5.74, 6) is 0. The van der Waals surface area contributed by atoms with E-state index in [1.165, 1.54) is 24.3 Å². The minimum atomic E-state index is -3.84. The highest BCUT2D eigenvalue weighted by molar-refractivity contribution is 9.10. The summed E-state index contributed by atoms with van der Waals surface area (Å²) < 4.78 is 53.2. The third-order valence-electron chi connectivity index (χ3n) is 2.91. The van der Waals surface area contributed by atoms with Crippen molar-refractivity contribution < 1.29 is 16.8 Å². The van der Waals surface area contributed by atoms with Crippen molar-refractivity contribution in [3.05, 3.63) is 52.5 Å². The molecule has 0 saturated heterocycles. The predicted molar refractivity (Wildman–Crippen MR) is 94.6 cm³/mol. The zero-order chi connectivity index (χ0) is 17.3. The van der Waals surface area contributed by atoms with Crippen molar-refractivity contribution in [1.82, 2.24) is 0 Å². The summed E-state index contributed by atoms with van der Waals surface area (Å²) in [6.45, 7) is 1.78. The van der Waals surface area contributed by atoms with Crippen molar-refractivity contribution in [2.45, 2.75) is 11.8 Å². The van der Waals surface area contributed by atoms with Crippen LogP contribution in [0.3, 0.4) is 0 Å². The SMILES string of the molecule is Cc1cc(S(=O)(=O)Nc2ccccc2NS(C)(=O)=O)ccc1Br. The Morgan fingerprint density at radius 3 is 2.00 bits per heavy atom. The summed E-state index contributed by atoms with van der Waals surface area (Å²) in [5.41, 5.74) is 1.08. The molecular weight excluding hydrogens is 404 g/mol. The van der Waals surface area contributed by atoms with E-state index in [4.69, 9.17) is 0 Å². The summed E-state index contributed by atoms with van der Waals surface area (Å²) in [5, 5.41) is 0. The highest BCUT2D eigenvalue weighted by Crippen LogP contribution is 2.26. The first-order valence-corrected chi connectivity index (χ1v) is 10.6. The van der Waals surface area contributed by atoms with Gasteiger partial charge in [-0.2, -0.15) is 0 Å². The minimum absolute atomic E-state index is 0.0901. The van der Waals surface area contributed by atoms with Crippen molar-refractivity contribution in [2.24, 2.45) is 0 Å². The largest absolute Gasteiger partial charge is 0.282 e. The van der Waals surface area contributed by atoms with Crippen molar-refractivity contribution in [3.8, 4) is 0 Å². The number of sulfonamides is 2. The summed E-state index contributed by atoms with van der Waals surface area (Å²) in [6, 6.07) is 10.8. The van der Waals surface area contributed by atoms with Gasteiger partial charge in [0.1, 0.15) is 0 Å². The van der Waals surface area contributed by atoms with Crippen LogP contribution >= 0.6 is 15.9 Å². The molecule has 0 spiro atoms. The summed E-state index contributed by atoms with van der Waals surface area (Å²) in [7, 11) is -7.36. The molecule has 0 unspecified atom stereocenters. The highest BCUT2D eigenvalue weighted by atomic mass is 79.9. The average Bonchev–Trinajstić information content (AvgIpc) is 2.42. The quantitative estimate of drug-likeness (QED) is 0.780. The normalized spacial score (nSPS) is 12.0. The molecule has 2 aromatic carbocycles. The van der Waals surface area contributed by atoms with Crippen LogP contribution in [0.15, 0.2) is 51.8 Å². The lowest BCUT2D eigenvalue weighted by Crippen LogP contribution is -2.16. The maximum Gasteiger partial charge on any atom is 0.261 e. The number of anilines is 2. The molecule has 0 aliphatic carbocycles. The molecule has 124 valence electrons. The molecule has 2 N–H and O–H groups in total.